The molecule has 0 unspecified atom stereocenters. The average Bonchev–Trinajstić information content (AvgIpc) is 1.97. The van der Waals surface area contributed by atoms with Crippen molar-refractivity contribution in [1.29, 1.82) is 0 Å². The minimum absolute atomic E-state index is 0.0329. The van der Waals surface area contributed by atoms with Gasteiger partial charge in [0.05, 0.1) is 6.42 Å². The highest BCUT2D eigenvalue weighted by Gasteiger charge is 2.16. The van der Waals surface area contributed by atoms with Gasteiger partial charge >= 0.3 is 5.97 Å². The molecule has 4 heteroatoms. The van der Waals surface area contributed by atoms with Gasteiger partial charge in [-0.3, -0.25) is 14.4 Å². The van der Waals surface area contributed by atoms with Gasteiger partial charge in [0.2, 0.25) is 0 Å². The van der Waals surface area contributed by atoms with Crippen molar-refractivity contribution in [3.63, 3.8) is 0 Å². The van der Waals surface area contributed by atoms with E-state index in [0.29, 0.717) is 0 Å². The molecule has 4 nitrogen and oxygen atoms in total. The number of carbonyl (C=O) groups excluding carboxylic acids is 3. The van der Waals surface area contributed by atoms with E-state index >= 15 is 0 Å². The molecule has 0 saturated heterocycles. The SMILES string of the molecule is CC(C)(C)OC(=O)CCC(=O)C=O. The van der Waals surface area contributed by atoms with Crippen molar-refractivity contribution in [2.24, 2.45) is 0 Å². The van der Waals surface area contributed by atoms with Crippen molar-refractivity contribution >= 4 is 18.0 Å². The van der Waals surface area contributed by atoms with E-state index in [9.17, 15) is 14.4 Å². The summed E-state index contributed by atoms with van der Waals surface area (Å²) in [6.07, 6.45) is 0.109. The van der Waals surface area contributed by atoms with Crippen LogP contribution in [0.4, 0.5) is 0 Å². The van der Waals surface area contributed by atoms with Crippen LogP contribution in [0.25, 0.3) is 0 Å². The Hall–Kier alpha value is -1.19. The second kappa shape index (κ2) is 4.74. The number of ether oxygens (including phenoxy) is 1. The zero-order valence-electron chi connectivity index (χ0n) is 8.12. The van der Waals surface area contributed by atoms with Crippen LogP contribution in [0, 0.1) is 0 Å². The average molecular weight is 186 g/mol. The van der Waals surface area contributed by atoms with Crippen LogP contribution < -0.4 is 0 Å². The number of hydrogen-bond acceptors (Lipinski definition) is 4. The highest BCUT2D eigenvalue weighted by atomic mass is 16.6. The molecule has 0 radical (unpaired) electrons. The summed E-state index contributed by atoms with van der Waals surface area (Å²) in [5.41, 5.74) is -0.540. The van der Waals surface area contributed by atoms with Gasteiger partial charge in [0.25, 0.3) is 0 Å². The lowest BCUT2D eigenvalue weighted by Crippen LogP contribution is -2.24. The molecule has 74 valence electrons. The summed E-state index contributed by atoms with van der Waals surface area (Å²) < 4.78 is 4.93. The smallest absolute Gasteiger partial charge is 0.306 e. The van der Waals surface area contributed by atoms with Crippen LogP contribution in [0.2, 0.25) is 0 Å². The quantitative estimate of drug-likeness (QED) is 0.371. The van der Waals surface area contributed by atoms with Gasteiger partial charge in [-0.25, -0.2) is 0 Å². The van der Waals surface area contributed by atoms with Gasteiger partial charge < -0.3 is 4.74 Å². The number of hydrogen-bond donors (Lipinski definition) is 0. The molecule has 0 rings (SSSR count). The van der Waals surface area contributed by atoms with E-state index in [0.717, 1.165) is 0 Å². The minimum atomic E-state index is -0.578. The predicted molar refractivity (Wildman–Crippen MR) is 46.2 cm³/mol. The van der Waals surface area contributed by atoms with Crippen molar-refractivity contribution in [3.05, 3.63) is 0 Å². The molecule has 0 aliphatic heterocycles. The van der Waals surface area contributed by atoms with E-state index in [1.807, 2.05) is 0 Å². The third-order valence-electron chi connectivity index (χ3n) is 1.13. The van der Waals surface area contributed by atoms with Crippen LogP contribution in [-0.4, -0.2) is 23.6 Å². The number of esters is 1. The van der Waals surface area contributed by atoms with Gasteiger partial charge in [0, 0.05) is 6.42 Å². The Morgan fingerprint density at radius 1 is 1.23 bits per heavy atom. The first kappa shape index (κ1) is 11.8. The molecule has 0 N–H and O–H groups in total. The Labute approximate surface area is 77.3 Å². The van der Waals surface area contributed by atoms with Crippen molar-refractivity contribution in [1.82, 2.24) is 0 Å². The van der Waals surface area contributed by atoms with Crippen molar-refractivity contribution in [3.8, 4) is 0 Å². The van der Waals surface area contributed by atoms with Crippen LogP contribution >= 0.6 is 0 Å². The molecule has 0 amide bonds. The lowest BCUT2D eigenvalue weighted by atomic mass is 10.2. The molecule has 0 heterocycles. The maximum Gasteiger partial charge on any atom is 0.306 e. The molecule has 0 aromatic rings. The van der Waals surface area contributed by atoms with Gasteiger partial charge in [0.15, 0.2) is 12.1 Å². The largest absolute Gasteiger partial charge is 0.460 e. The molecule has 0 atom stereocenters. The first-order valence-electron chi connectivity index (χ1n) is 4.05. The number of carbonyl (C=O) groups is 3. The third kappa shape index (κ3) is 7.18. The molecule has 0 bridgehead atoms. The fourth-order valence-corrected chi connectivity index (χ4v) is 0.677. The first-order valence-corrected chi connectivity index (χ1v) is 4.05. The van der Waals surface area contributed by atoms with Crippen molar-refractivity contribution in [2.75, 3.05) is 0 Å². The fourth-order valence-electron chi connectivity index (χ4n) is 0.677. The Morgan fingerprint density at radius 3 is 2.15 bits per heavy atom. The summed E-state index contributed by atoms with van der Waals surface area (Å²) in [6, 6.07) is 0. The summed E-state index contributed by atoms with van der Waals surface area (Å²) in [5.74, 6) is -1.03. The van der Waals surface area contributed by atoms with Gasteiger partial charge in [-0.1, -0.05) is 0 Å². The molecule has 13 heavy (non-hydrogen) atoms. The highest BCUT2D eigenvalue weighted by Crippen LogP contribution is 2.08. The number of ketones is 1. The molecule has 0 aromatic carbocycles. The molecular formula is C9H14O4. The molecule has 0 aliphatic carbocycles. The lowest BCUT2D eigenvalue weighted by molar-refractivity contribution is -0.155. The molecule has 0 aromatic heterocycles. The summed E-state index contributed by atoms with van der Waals surface area (Å²) >= 11 is 0. The van der Waals surface area contributed by atoms with Crippen LogP contribution in [-0.2, 0) is 19.1 Å². The Kier molecular flexibility index (Phi) is 4.31. The van der Waals surface area contributed by atoms with E-state index in [-0.39, 0.29) is 19.1 Å². The molecule has 0 fully saturated rings. The summed E-state index contributed by atoms with van der Waals surface area (Å²) in [4.78, 5) is 31.4. The van der Waals surface area contributed by atoms with Crippen molar-refractivity contribution in [2.45, 2.75) is 39.2 Å². The van der Waals surface area contributed by atoms with Gasteiger partial charge in [-0.05, 0) is 20.8 Å². The van der Waals surface area contributed by atoms with Crippen LogP contribution in [0.1, 0.15) is 33.6 Å². The van der Waals surface area contributed by atoms with Gasteiger partial charge in [-0.2, -0.15) is 0 Å². The van der Waals surface area contributed by atoms with E-state index in [1.165, 1.54) is 0 Å². The van der Waals surface area contributed by atoms with Crippen LogP contribution in [0.5, 0.6) is 0 Å². The van der Waals surface area contributed by atoms with E-state index in [4.69, 9.17) is 4.74 Å². The normalized spacial score (nSPS) is 10.7. The van der Waals surface area contributed by atoms with E-state index in [1.54, 1.807) is 20.8 Å². The lowest BCUT2D eigenvalue weighted by Gasteiger charge is -2.19. The Balaban J connectivity index is 3.77. The highest BCUT2D eigenvalue weighted by molar-refractivity contribution is 6.25. The maximum atomic E-state index is 11.0. The molecule has 0 saturated carbocycles. The number of Topliss-reactive ketones (excluding diaryl/α,β-unsaturated/α-hetero) is 1. The monoisotopic (exact) mass is 186 g/mol. The Bertz CT molecular complexity index is 212. The second-order valence-electron chi connectivity index (χ2n) is 3.67. The molecule has 0 aliphatic rings. The summed E-state index contributed by atoms with van der Waals surface area (Å²) in [7, 11) is 0. The van der Waals surface area contributed by atoms with Gasteiger partial charge in [-0.15, -0.1) is 0 Å². The number of rotatable bonds is 4. The van der Waals surface area contributed by atoms with Crippen LogP contribution in [0.15, 0.2) is 0 Å². The maximum absolute atomic E-state index is 11.0. The zero-order valence-corrected chi connectivity index (χ0v) is 8.12. The summed E-state index contributed by atoms with van der Waals surface area (Å²) in [5, 5.41) is 0. The zero-order chi connectivity index (χ0) is 10.5. The van der Waals surface area contributed by atoms with Gasteiger partial charge in [0.1, 0.15) is 5.60 Å². The number of aldehydes is 1. The Morgan fingerprint density at radius 2 is 1.77 bits per heavy atom. The van der Waals surface area contributed by atoms with Crippen molar-refractivity contribution < 1.29 is 19.1 Å². The standard InChI is InChI=1S/C9H14O4/c1-9(2,3)13-8(12)5-4-7(11)6-10/h6H,4-5H2,1-3H3. The first-order chi connectivity index (χ1) is 5.85. The predicted octanol–water partition coefficient (Wildman–Crippen LogP) is 0.876. The topological polar surface area (TPSA) is 60.4 Å². The fraction of sp³-hybridized carbons (Fsp3) is 0.667. The second-order valence-corrected chi connectivity index (χ2v) is 3.67. The van der Waals surface area contributed by atoms with E-state index in [2.05, 4.69) is 0 Å². The van der Waals surface area contributed by atoms with Crippen LogP contribution in [0.3, 0.4) is 0 Å². The molecule has 0 spiro atoms. The molecular weight excluding hydrogens is 172 g/mol. The van der Waals surface area contributed by atoms with E-state index < -0.39 is 17.4 Å². The third-order valence-corrected chi connectivity index (χ3v) is 1.13. The summed E-state index contributed by atoms with van der Waals surface area (Å²) in [6.45, 7) is 5.23. The minimum Gasteiger partial charge on any atom is -0.460 e.